The Labute approximate surface area is 158 Å². The first-order valence-electron chi connectivity index (χ1n) is 7.74. The van der Waals surface area contributed by atoms with Crippen LogP contribution in [-0.4, -0.2) is 42.7 Å². The van der Waals surface area contributed by atoms with Gasteiger partial charge in [-0.2, -0.15) is 0 Å². The van der Waals surface area contributed by atoms with Crippen LogP contribution in [0, 0.1) is 0 Å². The van der Waals surface area contributed by atoms with Gasteiger partial charge in [-0.3, -0.25) is 0 Å². The molecule has 0 radical (unpaired) electrons. The molecule has 4 rings (SSSR count). The Kier molecular flexibility index (Phi) is 4.04. The van der Waals surface area contributed by atoms with Gasteiger partial charge >= 0.3 is 0 Å². The van der Waals surface area contributed by atoms with Crippen LogP contribution >= 0.6 is 22.7 Å². The van der Waals surface area contributed by atoms with Gasteiger partial charge in [-0.25, -0.2) is 0 Å². The van der Waals surface area contributed by atoms with Gasteiger partial charge in [0.25, 0.3) is 0 Å². The Morgan fingerprint density at radius 2 is 0.615 bits per heavy atom. The average molecular weight is 394 g/mol. The molecule has 0 atom stereocenters. The Balaban J connectivity index is 2.34. The smallest absolute Gasteiger partial charge is 0.206 e. The van der Waals surface area contributed by atoms with Crippen molar-refractivity contribution in [2.24, 2.45) is 0 Å². The number of rotatable bonds is 6. The van der Waals surface area contributed by atoms with Crippen LogP contribution in [0.3, 0.4) is 0 Å². The van der Waals surface area contributed by atoms with Gasteiger partial charge in [-0.05, 0) is 0 Å². The molecule has 4 aromatic rings. The van der Waals surface area contributed by atoms with Crippen LogP contribution in [0.15, 0.2) is 0 Å². The molecule has 2 heterocycles. The number of benzene rings is 2. The van der Waals surface area contributed by atoms with Crippen molar-refractivity contribution in [2.45, 2.75) is 0 Å². The summed E-state index contributed by atoms with van der Waals surface area (Å²) < 4.78 is 37.9. The van der Waals surface area contributed by atoms with Crippen molar-refractivity contribution in [3.05, 3.63) is 0 Å². The Morgan fingerprint density at radius 1 is 0.385 bits per heavy atom. The topological polar surface area (TPSA) is 55.4 Å². The number of thiophene rings is 2. The van der Waals surface area contributed by atoms with Gasteiger partial charge in [-0.15, -0.1) is 22.7 Å². The summed E-state index contributed by atoms with van der Waals surface area (Å²) in [5.74, 6) is 3.77. The fourth-order valence-corrected chi connectivity index (χ4v) is 6.28. The van der Waals surface area contributed by atoms with E-state index in [1.807, 2.05) is 0 Å². The van der Waals surface area contributed by atoms with Gasteiger partial charge in [-0.1, -0.05) is 0 Å². The Morgan fingerprint density at radius 3 is 0.808 bits per heavy atom. The quantitative estimate of drug-likeness (QED) is 0.470. The van der Waals surface area contributed by atoms with E-state index in [1.165, 1.54) is 0 Å². The molecule has 0 aliphatic heterocycles. The molecule has 0 aliphatic rings. The first kappa shape index (κ1) is 17.1. The minimum Gasteiger partial charge on any atom is -0.491 e. The highest BCUT2D eigenvalue weighted by Gasteiger charge is 2.32. The highest BCUT2D eigenvalue weighted by molar-refractivity contribution is 7.32. The minimum atomic E-state index is 0.583. The van der Waals surface area contributed by atoms with E-state index in [0.717, 1.165) is 29.6 Å². The van der Waals surface area contributed by atoms with Crippen LogP contribution in [-0.2, 0) is 0 Å². The number of methoxy groups -OCH3 is 6. The summed E-state index contributed by atoms with van der Waals surface area (Å²) in [6, 6.07) is 0. The van der Waals surface area contributed by atoms with Crippen molar-refractivity contribution in [1.29, 1.82) is 0 Å². The molecule has 2 aromatic carbocycles. The lowest BCUT2D eigenvalue weighted by atomic mass is 10.1. The second kappa shape index (κ2) is 6.14. The van der Waals surface area contributed by atoms with Crippen LogP contribution in [0.4, 0.5) is 0 Å². The predicted molar refractivity (Wildman–Crippen MR) is 105 cm³/mol. The van der Waals surface area contributed by atoms with E-state index in [4.69, 9.17) is 28.4 Å². The summed E-state index contributed by atoms with van der Waals surface area (Å²) in [7, 11) is 9.74. The van der Waals surface area contributed by atoms with Crippen molar-refractivity contribution in [1.82, 2.24) is 0 Å². The molecule has 2 aromatic heterocycles. The zero-order valence-electron chi connectivity index (χ0n) is 15.3. The zero-order valence-corrected chi connectivity index (χ0v) is 16.9. The summed E-state index contributed by atoms with van der Waals surface area (Å²) in [5.41, 5.74) is 0. The second-order valence-electron chi connectivity index (χ2n) is 5.47. The van der Waals surface area contributed by atoms with Crippen molar-refractivity contribution in [3.8, 4) is 34.5 Å². The average Bonchev–Trinajstić information content (AvgIpc) is 3.24. The van der Waals surface area contributed by atoms with E-state index in [1.54, 1.807) is 65.3 Å². The maximum atomic E-state index is 5.68. The van der Waals surface area contributed by atoms with E-state index in [0.29, 0.717) is 34.5 Å². The first-order valence-corrected chi connectivity index (χ1v) is 9.37. The molecule has 0 saturated heterocycles. The molecule has 0 unspecified atom stereocenters. The maximum Gasteiger partial charge on any atom is 0.206 e. The van der Waals surface area contributed by atoms with E-state index >= 15 is 0 Å². The summed E-state index contributed by atoms with van der Waals surface area (Å²) in [6.45, 7) is 0. The molecular weight excluding hydrogens is 376 g/mol. The maximum absolute atomic E-state index is 5.68. The number of ether oxygens (including phenoxy) is 6. The van der Waals surface area contributed by atoms with E-state index in [2.05, 4.69) is 0 Å². The normalized spacial score (nSPS) is 11.5. The SMILES string of the molecule is COc1c(OC)c2sc3c(OC)c(OC)c(OC)c4sc(c1OC)c2c34. The third-order valence-electron chi connectivity index (χ3n) is 4.44. The molecular formula is C18H18O6S2. The summed E-state index contributed by atoms with van der Waals surface area (Å²) in [4.78, 5) is 0. The van der Waals surface area contributed by atoms with Crippen LogP contribution in [0.1, 0.15) is 0 Å². The minimum absolute atomic E-state index is 0.583. The molecule has 0 aliphatic carbocycles. The van der Waals surface area contributed by atoms with Crippen LogP contribution in [0.5, 0.6) is 34.5 Å². The second-order valence-corrected chi connectivity index (χ2v) is 7.51. The van der Waals surface area contributed by atoms with Gasteiger partial charge in [0.15, 0.2) is 23.0 Å². The highest BCUT2D eigenvalue weighted by Crippen LogP contribution is 2.62. The van der Waals surface area contributed by atoms with Crippen molar-refractivity contribution < 1.29 is 28.4 Å². The monoisotopic (exact) mass is 394 g/mol. The molecule has 0 saturated carbocycles. The predicted octanol–water partition coefficient (Wildman–Crippen LogP) is 4.76. The van der Waals surface area contributed by atoms with Gasteiger partial charge in [0.05, 0.1) is 61.5 Å². The molecule has 138 valence electrons. The largest absolute Gasteiger partial charge is 0.491 e. The summed E-state index contributed by atoms with van der Waals surface area (Å²) >= 11 is 3.16. The standard InChI is InChI=1S/C18H18O6S2/c1-19-9-11(21-3)15-7-8-17(25-15)13(23-5)10(20-2)14(24-6)18(8)26-16(7)12(9)22-4/h1-6H3. The van der Waals surface area contributed by atoms with Gasteiger partial charge in [0.2, 0.25) is 11.5 Å². The number of hydrogen-bond donors (Lipinski definition) is 0. The summed E-state index contributed by atoms with van der Waals surface area (Å²) in [6.07, 6.45) is 0. The van der Waals surface area contributed by atoms with Gasteiger partial charge < -0.3 is 28.4 Å². The fourth-order valence-electron chi connectivity index (χ4n) is 3.44. The molecule has 0 N–H and O–H groups in total. The van der Waals surface area contributed by atoms with E-state index in [-0.39, 0.29) is 0 Å². The molecule has 0 spiro atoms. The fraction of sp³-hybridized carbons (Fsp3) is 0.333. The third kappa shape index (κ3) is 1.91. The van der Waals surface area contributed by atoms with Crippen LogP contribution < -0.4 is 28.4 Å². The van der Waals surface area contributed by atoms with Gasteiger partial charge in [0.1, 0.15) is 0 Å². The lowest BCUT2D eigenvalue weighted by Crippen LogP contribution is -1.95. The lowest BCUT2D eigenvalue weighted by molar-refractivity contribution is 0.330. The molecule has 0 amide bonds. The molecule has 0 fully saturated rings. The highest BCUT2D eigenvalue weighted by atomic mass is 32.1. The lowest BCUT2D eigenvalue weighted by Gasteiger charge is -2.14. The van der Waals surface area contributed by atoms with Crippen LogP contribution in [0.2, 0.25) is 0 Å². The Bertz CT molecular complexity index is 949. The molecule has 6 nitrogen and oxygen atoms in total. The van der Waals surface area contributed by atoms with Crippen molar-refractivity contribution >= 4 is 52.2 Å². The first-order chi connectivity index (χ1) is 12.7. The van der Waals surface area contributed by atoms with Crippen molar-refractivity contribution in [2.75, 3.05) is 42.7 Å². The number of hydrogen-bond acceptors (Lipinski definition) is 8. The Hall–Kier alpha value is -2.32. The van der Waals surface area contributed by atoms with Crippen LogP contribution in [0.25, 0.3) is 29.6 Å². The van der Waals surface area contributed by atoms with E-state index in [9.17, 15) is 0 Å². The molecule has 0 bridgehead atoms. The van der Waals surface area contributed by atoms with Crippen molar-refractivity contribution in [3.63, 3.8) is 0 Å². The molecule has 8 heteroatoms. The van der Waals surface area contributed by atoms with Gasteiger partial charge in [0, 0.05) is 10.8 Å². The third-order valence-corrected chi connectivity index (χ3v) is 6.82. The molecule has 26 heavy (non-hydrogen) atoms. The van der Waals surface area contributed by atoms with E-state index < -0.39 is 0 Å². The zero-order chi connectivity index (χ0) is 18.6. The summed E-state index contributed by atoms with van der Waals surface area (Å²) in [5, 5.41) is 2.14.